The molecule has 0 saturated heterocycles. The first-order valence-corrected chi connectivity index (χ1v) is 6.38. The minimum atomic E-state index is 0.473. The molecule has 0 aliphatic heterocycles. The Morgan fingerprint density at radius 1 is 1.27 bits per heavy atom. The maximum absolute atomic E-state index is 2.51. The molecule has 3 aliphatic carbocycles. The molecule has 3 rings (SSSR count). The van der Waals surface area contributed by atoms with Crippen LogP contribution in [0.1, 0.15) is 40.5 Å². The SMILES string of the molecule is C[C@@H]1CCC=C2C=C[C@@H]3[C@@H](C3(C)C)[C@]21C. The largest absolute Gasteiger partial charge is 0.0807 e. The molecule has 0 nitrogen and oxygen atoms in total. The molecule has 0 aromatic heterocycles. The molecular formula is C15H22. The van der Waals surface area contributed by atoms with Gasteiger partial charge in [0.05, 0.1) is 0 Å². The van der Waals surface area contributed by atoms with E-state index in [-0.39, 0.29) is 0 Å². The molecular weight excluding hydrogens is 180 g/mol. The Kier molecular flexibility index (Phi) is 1.67. The van der Waals surface area contributed by atoms with Gasteiger partial charge >= 0.3 is 0 Å². The van der Waals surface area contributed by atoms with Crippen molar-refractivity contribution in [1.82, 2.24) is 0 Å². The number of hydrogen-bond acceptors (Lipinski definition) is 0. The van der Waals surface area contributed by atoms with Crippen molar-refractivity contribution in [3.63, 3.8) is 0 Å². The van der Waals surface area contributed by atoms with Crippen LogP contribution in [-0.2, 0) is 0 Å². The lowest BCUT2D eigenvalue weighted by Crippen LogP contribution is -2.35. The second-order valence-corrected chi connectivity index (χ2v) is 6.60. The molecule has 0 unspecified atom stereocenters. The molecule has 0 spiro atoms. The van der Waals surface area contributed by atoms with Crippen molar-refractivity contribution in [2.75, 3.05) is 0 Å². The number of allylic oxidation sites excluding steroid dienone is 4. The highest BCUT2D eigenvalue weighted by Crippen LogP contribution is 2.72. The minimum Gasteiger partial charge on any atom is -0.0807 e. The first-order valence-electron chi connectivity index (χ1n) is 6.38. The predicted molar refractivity (Wildman–Crippen MR) is 64.5 cm³/mol. The van der Waals surface area contributed by atoms with E-state index in [4.69, 9.17) is 0 Å². The van der Waals surface area contributed by atoms with Gasteiger partial charge in [-0.1, -0.05) is 45.9 Å². The lowest BCUT2D eigenvalue weighted by Gasteiger charge is -2.43. The van der Waals surface area contributed by atoms with E-state index in [2.05, 4.69) is 45.9 Å². The fourth-order valence-corrected chi connectivity index (χ4v) is 4.42. The minimum absolute atomic E-state index is 0.473. The summed E-state index contributed by atoms with van der Waals surface area (Å²) in [5, 5.41) is 0. The van der Waals surface area contributed by atoms with Gasteiger partial charge in [0.1, 0.15) is 0 Å². The zero-order valence-electron chi connectivity index (χ0n) is 10.4. The molecule has 0 amide bonds. The van der Waals surface area contributed by atoms with E-state index in [1.54, 1.807) is 5.57 Å². The molecule has 1 saturated carbocycles. The van der Waals surface area contributed by atoms with E-state index in [1.165, 1.54) is 12.8 Å². The van der Waals surface area contributed by atoms with Crippen molar-refractivity contribution in [2.24, 2.45) is 28.6 Å². The number of hydrogen-bond donors (Lipinski definition) is 0. The van der Waals surface area contributed by atoms with E-state index in [9.17, 15) is 0 Å². The van der Waals surface area contributed by atoms with E-state index in [0.717, 1.165) is 17.8 Å². The van der Waals surface area contributed by atoms with Crippen LogP contribution >= 0.6 is 0 Å². The molecule has 0 N–H and O–H groups in total. The maximum Gasteiger partial charge on any atom is -0.00135 e. The lowest BCUT2D eigenvalue weighted by molar-refractivity contribution is 0.170. The van der Waals surface area contributed by atoms with Crippen LogP contribution in [0.15, 0.2) is 23.8 Å². The van der Waals surface area contributed by atoms with Crippen LogP contribution in [0.3, 0.4) is 0 Å². The number of rotatable bonds is 0. The molecule has 15 heavy (non-hydrogen) atoms. The molecule has 4 atom stereocenters. The second-order valence-electron chi connectivity index (χ2n) is 6.60. The van der Waals surface area contributed by atoms with Gasteiger partial charge in [0.15, 0.2) is 0 Å². The summed E-state index contributed by atoms with van der Waals surface area (Å²) in [4.78, 5) is 0. The quantitative estimate of drug-likeness (QED) is 0.552. The molecule has 1 fully saturated rings. The standard InChI is InChI=1S/C15H22/c1-10-6-5-7-11-8-9-12-13(14(12,2)3)15(10,11)4/h7-10,12-13H,5-6H2,1-4H3/t10-,12-,13+,15+/m1/s1. The van der Waals surface area contributed by atoms with E-state index in [0.29, 0.717) is 10.8 Å². The topological polar surface area (TPSA) is 0 Å². The van der Waals surface area contributed by atoms with Gasteiger partial charge in [-0.25, -0.2) is 0 Å². The van der Waals surface area contributed by atoms with Gasteiger partial charge in [-0.15, -0.1) is 0 Å². The molecule has 0 heterocycles. The van der Waals surface area contributed by atoms with Crippen molar-refractivity contribution in [3.05, 3.63) is 23.8 Å². The fraction of sp³-hybridized carbons (Fsp3) is 0.733. The molecule has 82 valence electrons. The first kappa shape index (κ1) is 9.69. The lowest BCUT2D eigenvalue weighted by atomic mass is 9.61. The van der Waals surface area contributed by atoms with Crippen LogP contribution in [0.25, 0.3) is 0 Å². The maximum atomic E-state index is 2.51. The smallest absolute Gasteiger partial charge is 0.00135 e. The summed E-state index contributed by atoms with van der Waals surface area (Å²) in [6.07, 6.45) is 10.0. The Morgan fingerprint density at radius 3 is 2.73 bits per heavy atom. The summed E-state index contributed by atoms with van der Waals surface area (Å²) in [6, 6.07) is 0. The van der Waals surface area contributed by atoms with E-state index >= 15 is 0 Å². The summed E-state index contributed by atoms with van der Waals surface area (Å²) >= 11 is 0. The Morgan fingerprint density at radius 2 is 2.00 bits per heavy atom. The van der Waals surface area contributed by atoms with Crippen LogP contribution in [0.4, 0.5) is 0 Å². The van der Waals surface area contributed by atoms with Crippen molar-refractivity contribution < 1.29 is 0 Å². The summed E-state index contributed by atoms with van der Waals surface area (Å²) in [5.74, 6) is 2.61. The molecule has 0 aromatic carbocycles. The summed E-state index contributed by atoms with van der Waals surface area (Å²) in [7, 11) is 0. The Hall–Kier alpha value is -0.520. The highest BCUT2D eigenvalue weighted by atomic mass is 14.7. The highest BCUT2D eigenvalue weighted by Gasteiger charge is 2.67. The molecule has 3 aliphatic rings. The molecule has 0 heteroatoms. The van der Waals surface area contributed by atoms with Crippen LogP contribution in [0, 0.1) is 28.6 Å². The summed E-state index contributed by atoms with van der Waals surface area (Å²) in [6.45, 7) is 9.86. The third kappa shape index (κ3) is 0.984. The third-order valence-corrected chi connectivity index (χ3v) is 5.65. The molecule has 0 bridgehead atoms. The van der Waals surface area contributed by atoms with Gasteiger partial charge in [0, 0.05) is 0 Å². The van der Waals surface area contributed by atoms with Crippen molar-refractivity contribution >= 4 is 0 Å². The van der Waals surface area contributed by atoms with Crippen LogP contribution in [0.2, 0.25) is 0 Å². The first-order chi connectivity index (χ1) is 6.99. The average Bonchev–Trinajstić information content (AvgIpc) is 2.73. The monoisotopic (exact) mass is 202 g/mol. The third-order valence-electron chi connectivity index (χ3n) is 5.65. The molecule has 0 aromatic rings. The van der Waals surface area contributed by atoms with Gasteiger partial charge < -0.3 is 0 Å². The fourth-order valence-electron chi connectivity index (χ4n) is 4.42. The van der Waals surface area contributed by atoms with Crippen molar-refractivity contribution in [1.29, 1.82) is 0 Å². The van der Waals surface area contributed by atoms with Crippen molar-refractivity contribution in [2.45, 2.75) is 40.5 Å². The van der Waals surface area contributed by atoms with Gasteiger partial charge in [-0.3, -0.25) is 0 Å². The number of fused-ring (bicyclic) bond motifs is 3. The van der Waals surface area contributed by atoms with Gasteiger partial charge in [-0.05, 0) is 47.0 Å². The van der Waals surface area contributed by atoms with E-state index in [1.807, 2.05) is 0 Å². The molecule has 0 radical (unpaired) electrons. The van der Waals surface area contributed by atoms with E-state index < -0.39 is 0 Å². The van der Waals surface area contributed by atoms with Crippen LogP contribution < -0.4 is 0 Å². The van der Waals surface area contributed by atoms with Crippen LogP contribution in [0.5, 0.6) is 0 Å². The zero-order valence-corrected chi connectivity index (χ0v) is 10.4. The Balaban J connectivity index is 2.10. The van der Waals surface area contributed by atoms with Gasteiger partial charge in [-0.2, -0.15) is 0 Å². The van der Waals surface area contributed by atoms with Gasteiger partial charge in [0.2, 0.25) is 0 Å². The van der Waals surface area contributed by atoms with Crippen molar-refractivity contribution in [3.8, 4) is 0 Å². The average molecular weight is 202 g/mol. The predicted octanol–water partition coefficient (Wildman–Crippen LogP) is 4.19. The summed E-state index contributed by atoms with van der Waals surface area (Å²) in [5.41, 5.74) is 2.65. The normalized spacial score (nSPS) is 50.4. The Bertz CT molecular complexity index is 358. The van der Waals surface area contributed by atoms with Crippen LogP contribution in [-0.4, -0.2) is 0 Å². The zero-order chi connectivity index (χ0) is 10.8. The summed E-state index contributed by atoms with van der Waals surface area (Å²) < 4.78 is 0. The highest BCUT2D eigenvalue weighted by molar-refractivity contribution is 5.41. The second kappa shape index (κ2) is 2.59. The Labute approximate surface area is 93.5 Å². The van der Waals surface area contributed by atoms with Gasteiger partial charge in [0.25, 0.3) is 0 Å².